The molecule has 1 fully saturated rings. The maximum Gasteiger partial charge on any atom is 0.0544 e. The van der Waals surface area contributed by atoms with Crippen LogP contribution in [-0.2, 0) is 13.1 Å². The Bertz CT molecular complexity index is 386. The van der Waals surface area contributed by atoms with Crippen molar-refractivity contribution in [3.63, 3.8) is 0 Å². The summed E-state index contributed by atoms with van der Waals surface area (Å²) < 4.78 is 0. The van der Waals surface area contributed by atoms with E-state index >= 15 is 0 Å². The van der Waals surface area contributed by atoms with Gasteiger partial charge in [-0.15, -0.1) is 0 Å². The molecular formula is C17H29N3. The fourth-order valence-corrected chi connectivity index (χ4v) is 2.75. The van der Waals surface area contributed by atoms with Gasteiger partial charge in [0.1, 0.15) is 0 Å². The molecule has 0 bridgehead atoms. The normalized spacial score (nSPS) is 21.1. The van der Waals surface area contributed by atoms with Gasteiger partial charge in [0.05, 0.1) is 5.69 Å². The van der Waals surface area contributed by atoms with E-state index in [4.69, 9.17) is 0 Å². The molecule has 0 saturated carbocycles. The zero-order valence-corrected chi connectivity index (χ0v) is 13.2. The van der Waals surface area contributed by atoms with E-state index in [2.05, 4.69) is 48.1 Å². The molecule has 1 atom stereocenters. The van der Waals surface area contributed by atoms with Crippen molar-refractivity contribution in [2.75, 3.05) is 6.54 Å². The molecule has 3 nitrogen and oxygen atoms in total. The number of rotatable bonds is 5. The van der Waals surface area contributed by atoms with Crippen LogP contribution in [0.25, 0.3) is 0 Å². The predicted molar refractivity (Wildman–Crippen MR) is 84.6 cm³/mol. The van der Waals surface area contributed by atoms with Gasteiger partial charge in [-0.3, -0.25) is 9.88 Å². The van der Waals surface area contributed by atoms with E-state index in [9.17, 15) is 0 Å². The Labute approximate surface area is 123 Å². The lowest BCUT2D eigenvalue weighted by atomic mass is 10.1. The number of likely N-dealkylation sites (tertiary alicyclic amines) is 1. The zero-order chi connectivity index (χ0) is 14.4. The summed E-state index contributed by atoms with van der Waals surface area (Å²) in [6.45, 7) is 9.82. The molecule has 2 heterocycles. The highest BCUT2D eigenvalue weighted by Gasteiger charge is 2.17. The van der Waals surface area contributed by atoms with Crippen LogP contribution >= 0.6 is 0 Å². The van der Waals surface area contributed by atoms with Gasteiger partial charge in [0, 0.05) is 31.4 Å². The van der Waals surface area contributed by atoms with Gasteiger partial charge in [-0.2, -0.15) is 0 Å². The SMILES string of the molecule is CC(C)NCc1ccc(CN2CCCCCC2C)nc1. The van der Waals surface area contributed by atoms with Crippen molar-refractivity contribution in [2.24, 2.45) is 0 Å². The van der Waals surface area contributed by atoms with Crippen LogP contribution in [0.4, 0.5) is 0 Å². The Hall–Kier alpha value is -0.930. The average Bonchev–Trinajstić information content (AvgIpc) is 2.63. The van der Waals surface area contributed by atoms with Crippen molar-refractivity contribution >= 4 is 0 Å². The van der Waals surface area contributed by atoms with Gasteiger partial charge in [0.2, 0.25) is 0 Å². The number of nitrogens with one attached hydrogen (secondary N) is 1. The largest absolute Gasteiger partial charge is 0.310 e. The third-order valence-corrected chi connectivity index (χ3v) is 4.16. The van der Waals surface area contributed by atoms with Crippen LogP contribution in [0.3, 0.4) is 0 Å². The van der Waals surface area contributed by atoms with Crippen LogP contribution in [-0.4, -0.2) is 28.5 Å². The van der Waals surface area contributed by atoms with Crippen molar-refractivity contribution < 1.29 is 0 Å². The Balaban J connectivity index is 1.89. The molecule has 1 N–H and O–H groups in total. The van der Waals surface area contributed by atoms with E-state index in [0.29, 0.717) is 12.1 Å². The molecule has 1 unspecified atom stereocenters. The second-order valence-electron chi connectivity index (χ2n) is 6.36. The van der Waals surface area contributed by atoms with Crippen LogP contribution in [0.1, 0.15) is 57.7 Å². The monoisotopic (exact) mass is 275 g/mol. The fourth-order valence-electron chi connectivity index (χ4n) is 2.75. The van der Waals surface area contributed by atoms with Gasteiger partial charge < -0.3 is 5.32 Å². The number of pyridine rings is 1. The van der Waals surface area contributed by atoms with Crippen molar-refractivity contribution in [2.45, 2.75) is 71.6 Å². The van der Waals surface area contributed by atoms with Gasteiger partial charge in [-0.1, -0.05) is 32.8 Å². The van der Waals surface area contributed by atoms with Crippen LogP contribution in [0.2, 0.25) is 0 Å². The summed E-state index contributed by atoms with van der Waals surface area (Å²) >= 11 is 0. The third kappa shape index (κ3) is 4.88. The van der Waals surface area contributed by atoms with E-state index in [1.807, 2.05) is 6.20 Å². The number of hydrogen-bond acceptors (Lipinski definition) is 3. The van der Waals surface area contributed by atoms with Crippen molar-refractivity contribution in [3.8, 4) is 0 Å². The lowest BCUT2D eigenvalue weighted by Gasteiger charge is -2.26. The quantitative estimate of drug-likeness (QED) is 0.893. The second-order valence-corrected chi connectivity index (χ2v) is 6.36. The minimum atomic E-state index is 0.521. The summed E-state index contributed by atoms with van der Waals surface area (Å²) in [6, 6.07) is 5.61. The van der Waals surface area contributed by atoms with E-state index in [1.54, 1.807) is 0 Å². The molecule has 1 aromatic rings. The van der Waals surface area contributed by atoms with E-state index in [0.717, 1.165) is 13.1 Å². The van der Waals surface area contributed by atoms with Crippen molar-refractivity contribution in [1.82, 2.24) is 15.2 Å². The summed E-state index contributed by atoms with van der Waals surface area (Å²) in [4.78, 5) is 7.22. The Morgan fingerprint density at radius 2 is 2.15 bits per heavy atom. The molecular weight excluding hydrogens is 246 g/mol. The molecule has 1 saturated heterocycles. The predicted octanol–water partition coefficient (Wildman–Crippen LogP) is 3.34. The van der Waals surface area contributed by atoms with E-state index < -0.39 is 0 Å². The summed E-state index contributed by atoms with van der Waals surface area (Å²) in [5.74, 6) is 0. The molecule has 2 rings (SSSR count). The standard InChI is InChI=1S/C17H29N3/c1-14(2)18-11-16-8-9-17(19-12-16)13-20-10-6-4-5-7-15(20)3/h8-9,12,14-15,18H,4-7,10-11,13H2,1-3H3. The first kappa shape index (κ1) is 15.5. The van der Waals surface area contributed by atoms with Crippen LogP contribution in [0.15, 0.2) is 18.3 Å². The fraction of sp³-hybridized carbons (Fsp3) is 0.706. The maximum atomic E-state index is 4.63. The second kappa shape index (κ2) is 7.75. The first-order chi connectivity index (χ1) is 9.65. The van der Waals surface area contributed by atoms with Crippen LogP contribution < -0.4 is 5.32 Å². The van der Waals surface area contributed by atoms with Gasteiger partial charge >= 0.3 is 0 Å². The number of aromatic nitrogens is 1. The van der Waals surface area contributed by atoms with Crippen LogP contribution in [0.5, 0.6) is 0 Å². The van der Waals surface area contributed by atoms with Gasteiger partial charge in [-0.05, 0) is 37.9 Å². The van der Waals surface area contributed by atoms with Crippen molar-refractivity contribution in [3.05, 3.63) is 29.6 Å². The molecule has 1 aliphatic heterocycles. The van der Waals surface area contributed by atoms with Gasteiger partial charge in [0.15, 0.2) is 0 Å². The Kier molecular flexibility index (Phi) is 5.99. The third-order valence-electron chi connectivity index (χ3n) is 4.16. The lowest BCUT2D eigenvalue weighted by molar-refractivity contribution is 0.202. The topological polar surface area (TPSA) is 28.2 Å². The molecule has 112 valence electrons. The summed E-state index contributed by atoms with van der Waals surface area (Å²) in [5, 5.41) is 3.43. The maximum absolute atomic E-state index is 4.63. The van der Waals surface area contributed by atoms with E-state index in [-0.39, 0.29) is 0 Å². The van der Waals surface area contributed by atoms with Gasteiger partial charge in [-0.25, -0.2) is 0 Å². The summed E-state index contributed by atoms with van der Waals surface area (Å²) in [5.41, 5.74) is 2.47. The molecule has 0 aromatic carbocycles. The van der Waals surface area contributed by atoms with Crippen LogP contribution in [0, 0.1) is 0 Å². The van der Waals surface area contributed by atoms with Crippen molar-refractivity contribution in [1.29, 1.82) is 0 Å². The summed E-state index contributed by atoms with van der Waals surface area (Å²) in [6.07, 6.45) is 7.45. The molecule has 0 amide bonds. The molecule has 20 heavy (non-hydrogen) atoms. The zero-order valence-electron chi connectivity index (χ0n) is 13.2. The molecule has 0 aliphatic carbocycles. The minimum absolute atomic E-state index is 0.521. The highest BCUT2D eigenvalue weighted by atomic mass is 15.2. The highest BCUT2D eigenvalue weighted by Crippen LogP contribution is 2.18. The lowest BCUT2D eigenvalue weighted by Crippen LogP contribution is -2.32. The molecule has 0 radical (unpaired) electrons. The Morgan fingerprint density at radius 1 is 1.30 bits per heavy atom. The highest BCUT2D eigenvalue weighted by molar-refractivity contribution is 5.14. The minimum Gasteiger partial charge on any atom is -0.310 e. The first-order valence-corrected chi connectivity index (χ1v) is 8.06. The smallest absolute Gasteiger partial charge is 0.0544 e. The molecule has 3 heteroatoms. The number of hydrogen-bond donors (Lipinski definition) is 1. The number of nitrogens with zero attached hydrogens (tertiary/aromatic N) is 2. The first-order valence-electron chi connectivity index (χ1n) is 8.06. The average molecular weight is 275 g/mol. The molecule has 0 spiro atoms. The molecule has 1 aromatic heterocycles. The summed E-state index contributed by atoms with van der Waals surface area (Å²) in [7, 11) is 0. The van der Waals surface area contributed by atoms with Gasteiger partial charge in [0.25, 0.3) is 0 Å². The molecule has 1 aliphatic rings. The van der Waals surface area contributed by atoms with E-state index in [1.165, 1.54) is 43.5 Å². The Morgan fingerprint density at radius 3 is 2.85 bits per heavy atom.